The second-order valence-electron chi connectivity index (χ2n) is 4.69. The van der Waals surface area contributed by atoms with Crippen molar-refractivity contribution in [3.8, 4) is 6.07 Å². The lowest BCUT2D eigenvalue weighted by Crippen LogP contribution is -2.38. The van der Waals surface area contributed by atoms with E-state index in [0.29, 0.717) is 0 Å². The molecule has 0 saturated carbocycles. The third-order valence-electron chi connectivity index (χ3n) is 2.81. The number of hydrogen-bond acceptors (Lipinski definition) is 4. The van der Waals surface area contributed by atoms with Crippen molar-refractivity contribution in [1.29, 1.82) is 5.26 Å². The number of sulfone groups is 1. The van der Waals surface area contributed by atoms with Gasteiger partial charge >= 0.3 is 0 Å². The molecule has 1 rings (SSSR count). The first-order valence-corrected chi connectivity index (χ1v) is 7.19. The first-order chi connectivity index (χ1) is 8.17. The molecule has 0 unspecified atom stereocenters. The van der Waals surface area contributed by atoms with Crippen LogP contribution < -0.4 is 5.32 Å². The summed E-state index contributed by atoms with van der Waals surface area (Å²) in [6.07, 6.45) is 1.14. The normalized spacial score (nSPS) is 11.9. The van der Waals surface area contributed by atoms with Gasteiger partial charge in [-0.3, -0.25) is 0 Å². The lowest BCUT2D eigenvalue weighted by molar-refractivity contribution is 0.558. The van der Waals surface area contributed by atoms with E-state index in [-0.39, 0.29) is 17.8 Å². The minimum Gasteiger partial charge on any atom is -0.381 e. The van der Waals surface area contributed by atoms with Gasteiger partial charge in [-0.25, -0.2) is 12.8 Å². The summed E-state index contributed by atoms with van der Waals surface area (Å²) in [5.41, 5.74) is 0.408. The number of halogens is 1. The zero-order valence-corrected chi connectivity index (χ0v) is 11.3. The van der Waals surface area contributed by atoms with E-state index in [4.69, 9.17) is 5.26 Å². The maximum absolute atomic E-state index is 13.5. The largest absolute Gasteiger partial charge is 0.381 e. The maximum Gasteiger partial charge on any atom is 0.154 e. The number of rotatable bonds is 4. The van der Waals surface area contributed by atoms with Crippen LogP contribution in [0, 0.1) is 17.1 Å². The Kier molecular flexibility index (Phi) is 3.97. The summed E-state index contributed by atoms with van der Waals surface area (Å²) in [5.74, 6) is -0.571. The molecule has 0 fully saturated rings. The molecule has 0 saturated heterocycles. The molecule has 98 valence electrons. The fourth-order valence-corrected chi connectivity index (χ4v) is 1.50. The molecule has 0 aliphatic carbocycles. The van der Waals surface area contributed by atoms with Crippen LogP contribution in [-0.4, -0.2) is 26.0 Å². The number of nitrogens with zero attached hydrogens (tertiary/aromatic N) is 1. The Hall–Kier alpha value is -1.61. The first kappa shape index (κ1) is 14.5. The van der Waals surface area contributed by atoms with Crippen molar-refractivity contribution in [1.82, 2.24) is 0 Å². The molecular weight excluding hydrogens is 255 g/mol. The van der Waals surface area contributed by atoms with Gasteiger partial charge in [0.05, 0.1) is 22.1 Å². The highest BCUT2D eigenvalue weighted by Gasteiger charge is 2.30. The van der Waals surface area contributed by atoms with Crippen LogP contribution in [0.15, 0.2) is 18.2 Å². The van der Waals surface area contributed by atoms with Gasteiger partial charge in [-0.05, 0) is 32.0 Å². The van der Waals surface area contributed by atoms with Crippen molar-refractivity contribution in [2.75, 3.05) is 18.1 Å². The number of nitriles is 1. The van der Waals surface area contributed by atoms with E-state index < -0.39 is 20.4 Å². The van der Waals surface area contributed by atoms with Crippen molar-refractivity contribution >= 4 is 15.5 Å². The molecule has 0 amide bonds. The molecular formula is C12H15FN2O2S. The van der Waals surface area contributed by atoms with Gasteiger partial charge in [0.1, 0.15) is 5.82 Å². The van der Waals surface area contributed by atoms with E-state index in [2.05, 4.69) is 5.32 Å². The smallest absolute Gasteiger partial charge is 0.154 e. The number of benzene rings is 1. The van der Waals surface area contributed by atoms with E-state index >= 15 is 0 Å². The number of nitrogens with one attached hydrogen (secondary N) is 1. The average molecular weight is 270 g/mol. The summed E-state index contributed by atoms with van der Waals surface area (Å²) >= 11 is 0. The Morgan fingerprint density at radius 2 is 2.06 bits per heavy atom. The number of hydrogen-bond donors (Lipinski definition) is 1. The van der Waals surface area contributed by atoms with Gasteiger partial charge in [-0.15, -0.1) is 0 Å². The van der Waals surface area contributed by atoms with Gasteiger partial charge < -0.3 is 5.32 Å². The first-order valence-electron chi connectivity index (χ1n) is 5.30. The lowest BCUT2D eigenvalue weighted by atomic mass is 10.2. The molecule has 0 atom stereocenters. The minimum atomic E-state index is -3.24. The monoisotopic (exact) mass is 270 g/mol. The van der Waals surface area contributed by atoms with Crippen molar-refractivity contribution in [2.24, 2.45) is 0 Å². The van der Waals surface area contributed by atoms with Crippen LogP contribution in [0.25, 0.3) is 0 Å². The number of anilines is 1. The van der Waals surface area contributed by atoms with Crippen molar-refractivity contribution < 1.29 is 12.8 Å². The average Bonchev–Trinajstić information content (AvgIpc) is 2.25. The summed E-state index contributed by atoms with van der Waals surface area (Å²) in [6.45, 7) is 3.22. The molecule has 18 heavy (non-hydrogen) atoms. The summed E-state index contributed by atoms with van der Waals surface area (Å²) in [4.78, 5) is 0. The van der Waals surface area contributed by atoms with E-state index in [0.717, 1.165) is 12.3 Å². The van der Waals surface area contributed by atoms with Gasteiger partial charge in [-0.2, -0.15) is 5.26 Å². The zero-order chi connectivity index (χ0) is 14.0. The SMILES string of the molecule is CC(C)(CNc1ccc(C#N)cc1F)S(C)(=O)=O. The Balaban J connectivity index is 2.86. The Morgan fingerprint density at radius 1 is 1.44 bits per heavy atom. The highest BCUT2D eigenvalue weighted by molar-refractivity contribution is 7.92. The quantitative estimate of drug-likeness (QED) is 0.907. The zero-order valence-electron chi connectivity index (χ0n) is 10.5. The van der Waals surface area contributed by atoms with E-state index in [9.17, 15) is 12.8 Å². The predicted octanol–water partition coefficient (Wildman–Crippen LogP) is 1.93. The van der Waals surface area contributed by atoms with E-state index in [1.165, 1.54) is 12.1 Å². The molecule has 0 aliphatic rings. The molecule has 0 spiro atoms. The molecule has 4 nitrogen and oxygen atoms in total. The van der Waals surface area contributed by atoms with Gasteiger partial charge in [0.2, 0.25) is 0 Å². The molecule has 6 heteroatoms. The maximum atomic E-state index is 13.5. The van der Waals surface area contributed by atoms with Crippen molar-refractivity contribution in [3.63, 3.8) is 0 Å². The second-order valence-corrected chi connectivity index (χ2v) is 7.34. The fourth-order valence-electron chi connectivity index (χ4n) is 1.17. The van der Waals surface area contributed by atoms with Gasteiger partial charge in [0.25, 0.3) is 0 Å². The highest BCUT2D eigenvalue weighted by Crippen LogP contribution is 2.19. The van der Waals surface area contributed by atoms with Crippen LogP contribution in [0.1, 0.15) is 19.4 Å². The minimum absolute atomic E-state index is 0.0919. The summed E-state index contributed by atoms with van der Waals surface area (Å²) < 4.78 is 35.5. The summed E-state index contributed by atoms with van der Waals surface area (Å²) in [6, 6.07) is 5.83. The fraction of sp³-hybridized carbons (Fsp3) is 0.417. The predicted molar refractivity (Wildman–Crippen MR) is 68.5 cm³/mol. The molecule has 1 aromatic rings. The standard InChI is InChI=1S/C12H15FN2O2S/c1-12(2,18(3,16)17)8-15-11-5-4-9(7-14)6-10(11)13/h4-6,15H,8H2,1-3H3. The molecule has 0 heterocycles. The topological polar surface area (TPSA) is 70.0 Å². The lowest BCUT2D eigenvalue weighted by Gasteiger charge is -2.23. The van der Waals surface area contributed by atoms with Crippen molar-refractivity contribution in [3.05, 3.63) is 29.6 Å². The third kappa shape index (κ3) is 3.20. The van der Waals surface area contributed by atoms with Crippen LogP contribution in [-0.2, 0) is 9.84 Å². The molecule has 1 aromatic carbocycles. The second kappa shape index (κ2) is 4.94. The van der Waals surface area contributed by atoms with Crippen LogP contribution >= 0.6 is 0 Å². The third-order valence-corrected chi connectivity index (χ3v) is 4.96. The Labute approximate surface area is 106 Å². The Bertz CT molecular complexity index is 589. The molecule has 0 aromatic heterocycles. The van der Waals surface area contributed by atoms with E-state index in [1.54, 1.807) is 13.8 Å². The van der Waals surface area contributed by atoms with Gasteiger partial charge in [0, 0.05) is 12.8 Å². The molecule has 0 bridgehead atoms. The van der Waals surface area contributed by atoms with Crippen LogP contribution in [0.3, 0.4) is 0 Å². The summed E-state index contributed by atoms with van der Waals surface area (Å²) in [5, 5.41) is 11.3. The van der Waals surface area contributed by atoms with E-state index in [1.807, 2.05) is 6.07 Å². The van der Waals surface area contributed by atoms with Crippen LogP contribution in [0.4, 0.5) is 10.1 Å². The van der Waals surface area contributed by atoms with Gasteiger partial charge in [-0.1, -0.05) is 0 Å². The highest BCUT2D eigenvalue weighted by atomic mass is 32.2. The molecule has 0 aliphatic heterocycles. The van der Waals surface area contributed by atoms with Crippen molar-refractivity contribution in [2.45, 2.75) is 18.6 Å². The van der Waals surface area contributed by atoms with Crippen LogP contribution in [0.5, 0.6) is 0 Å². The van der Waals surface area contributed by atoms with Crippen LogP contribution in [0.2, 0.25) is 0 Å². The summed E-state index contributed by atoms with van der Waals surface area (Å²) in [7, 11) is -3.24. The van der Waals surface area contributed by atoms with Gasteiger partial charge in [0.15, 0.2) is 9.84 Å². The Morgan fingerprint density at radius 3 is 2.50 bits per heavy atom. The molecule has 1 N–H and O–H groups in total. The molecule has 0 radical (unpaired) electrons.